The van der Waals surface area contributed by atoms with Crippen molar-refractivity contribution in [2.45, 2.75) is 38.1 Å². The predicted octanol–water partition coefficient (Wildman–Crippen LogP) is 1.66. The number of hydrogen-bond acceptors (Lipinski definition) is 3. The third-order valence-electron chi connectivity index (χ3n) is 2.92. The lowest BCUT2D eigenvalue weighted by molar-refractivity contribution is 0.539. The highest BCUT2D eigenvalue weighted by molar-refractivity contribution is 7.87. The molecule has 0 radical (unpaired) electrons. The van der Waals surface area contributed by atoms with Crippen molar-refractivity contribution in [2.24, 2.45) is 0 Å². The van der Waals surface area contributed by atoms with E-state index in [1.54, 1.807) is 11.3 Å². The van der Waals surface area contributed by atoms with E-state index in [4.69, 9.17) is 0 Å². The van der Waals surface area contributed by atoms with E-state index in [0.717, 1.165) is 32.1 Å². The normalized spacial score (nSPS) is 17.6. The van der Waals surface area contributed by atoms with Crippen LogP contribution in [0.1, 0.15) is 30.6 Å². The van der Waals surface area contributed by atoms with Crippen molar-refractivity contribution >= 4 is 21.5 Å². The smallest absolute Gasteiger partial charge is 0.202 e. The molecule has 0 atom stereocenters. The molecule has 1 heterocycles. The van der Waals surface area contributed by atoms with Gasteiger partial charge in [-0.3, -0.25) is 0 Å². The maximum Gasteiger partial charge on any atom is 0.277 e. The predicted molar refractivity (Wildman–Crippen MR) is 70.3 cm³/mol. The van der Waals surface area contributed by atoms with Crippen LogP contribution in [0.2, 0.25) is 0 Å². The Balaban J connectivity index is 1.73. The van der Waals surface area contributed by atoms with Crippen LogP contribution >= 0.6 is 11.3 Å². The van der Waals surface area contributed by atoms with Crippen LogP contribution in [0.25, 0.3) is 0 Å². The van der Waals surface area contributed by atoms with Crippen molar-refractivity contribution in [2.75, 3.05) is 6.54 Å². The summed E-state index contributed by atoms with van der Waals surface area (Å²) in [4.78, 5) is 1.20. The van der Waals surface area contributed by atoms with E-state index >= 15 is 0 Å². The molecule has 96 valence electrons. The van der Waals surface area contributed by atoms with Crippen molar-refractivity contribution in [3.05, 3.63) is 22.4 Å². The van der Waals surface area contributed by atoms with E-state index in [9.17, 15) is 8.42 Å². The Labute approximate surface area is 107 Å². The van der Waals surface area contributed by atoms with Crippen LogP contribution in [-0.4, -0.2) is 21.0 Å². The van der Waals surface area contributed by atoms with E-state index in [0.29, 0.717) is 6.54 Å². The standard InChI is InChI=1S/C11H18N2O2S2/c14-17(15,13-10-4-1-2-5-10)12-8-7-11-6-3-9-16-11/h3,6,9-10,12-13H,1-2,4-5,7-8H2. The summed E-state index contributed by atoms with van der Waals surface area (Å²) < 4.78 is 28.7. The molecule has 0 saturated heterocycles. The van der Waals surface area contributed by atoms with Gasteiger partial charge in [0.1, 0.15) is 0 Å². The Kier molecular flexibility index (Phi) is 4.55. The van der Waals surface area contributed by atoms with Gasteiger partial charge >= 0.3 is 0 Å². The maximum atomic E-state index is 11.7. The van der Waals surface area contributed by atoms with Gasteiger partial charge in [-0.1, -0.05) is 18.9 Å². The van der Waals surface area contributed by atoms with Crippen LogP contribution in [-0.2, 0) is 16.6 Å². The van der Waals surface area contributed by atoms with E-state index < -0.39 is 10.2 Å². The summed E-state index contributed by atoms with van der Waals surface area (Å²) in [5, 5.41) is 2.00. The SMILES string of the molecule is O=S(=O)(NCCc1cccs1)NC1CCCC1. The molecule has 1 aromatic heterocycles. The molecule has 2 rings (SSSR count). The molecule has 0 amide bonds. The van der Waals surface area contributed by atoms with E-state index in [1.165, 1.54) is 4.88 Å². The molecule has 1 aromatic rings. The van der Waals surface area contributed by atoms with Crippen molar-refractivity contribution in [3.63, 3.8) is 0 Å². The van der Waals surface area contributed by atoms with E-state index in [-0.39, 0.29) is 6.04 Å². The van der Waals surface area contributed by atoms with Gasteiger partial charge in [-0.25, -0.2) is 4.72 Å². The van der Waals surface area contributed by atoms with Crippen molar-refractivity contribution in [3.8, 4) is 0 Å². The molecule has 4 nitrogen and oxygen atoms in total. The minimum atomic E-state index is -3.31. The second-order valence-electron chi connectivity index (χ2n) is 4.33. The summed E-state index contributed by atoms with van der Waals surface area (Å²) in [5.41, 5.74) is 0. The number of hydrogen-bond donors (Lipinski definition) is 2. The van der Waals surface area contributed by atoms with Gasteiger partial charge in [-0.2, -0.15) is 13.1 Å². The molecule has 0 spiro atoms. The van der Waals surface area contributed by atoms with Crippen LogP contribution < -0.4 is 9.44 Å². The summed E-state index contributed by atoms with van der Waals surface area (Å²) >= 11 is 1.65. The Bertz CT molecular complexity index is 422. The Morgan fingerprint density at radius 2 is 2.12 bits per heavy atom. The van der Waals surface area contributed by atoms with Gasteiger partial charge in [0, 0.05) is 17.5 Å². The van der Waals surface area contributed by atoms with Crippen molar-refractivity contribution < 1.29 is 8.42 Å². The number of thiophene rings is 1. The van der Waals surface area contributed by atoms with Gasteiger partial charge in [-0.15, -0.1) is 11.3 Å². The highest BCUT2D eigenvalue weighted by Gasteiger charge is 2.20. The largest absolute Gasteiger partial charge is 0.277 e. The van der Waals surface area contributed by atoms with Crippen molar-refractivity contribution in [1.82, 2.24) is 9.44 Å². The zero-order valence-electron chi connectivity index (χ0n) is 9.69. The van der Waals surface area contributed by atoms with E-state index in [2.05, 4.69) is 9.44 Å². The average Bonchev–Trinajstić information content (AvgIpc) is 2.89. The molecule has 1 aliphatic carbocycles. The first kappa shape index (κ1) is 13.0. The summed E-state index contributed by atoms with van der Waals surface area (Å²) in [7, 11) is -3.31. The monoisotopic (exact) mass is 274 g/mol. The molecule has 0 aliphatic heterocycles. The van der Waals surface area contributed by atoms with Gasteiger partial charge in [0.2, 0.25) is 0 Å². The maximum absolute atomic E-state index is 11.7. The average molecular weight is 274 g/mol. The fraction of sp³-hybridized carbons (Fsp3) is 0.636. The lowest BCUT2D eigenvalue weighted by Gasteiger charge is -2.12. The number of rotatable bonds is 6. The highest BCUT2D eigenvalue weighted by atomic mass is 32.2. The summed E-state index contributed by atoms with van der Waals surface area (Å²) in [5.74, 6) is 0. The van der Waals surface area contributed by atoms with Crippen LogP contribution in [0.15, 0.2) is 17.5 Å². The molecular weight excluding hydrogens is 256 g/mol. The van der Waals surface area contributed by atoms with Gasteiger partial charge in [-0.05, 0) is 30.7 Å². The molecule has 0 aromatic carbocycles. The fourth-order valence-electron chi connectivity index (χ4n) is 2.07. The summed E-state index contributed by atoms with van der Waals surface area (Å²) in [6.07, 6.45) is 4.94. The van der Waals surface area contributed by atoms with Crippen molar-refractivity contribution in [1.29, 1.82) is 0 Å². The molecule has 0 unspecified atom stereocenters. The first-order valence-electron chi connectivity index (χ1n) is 5.95. The molecule has 17 heavy (non-hydrogen) atoms. The van der Waals surface area contributed by atoms with Gasteiger partial charge in [0.25, 0.3) is 10.2 Å². The number of nitrogens with one attached hydrogen (secondary N) is 2. The van der Waals surface area contributed by atoms with E-state index in [1.807, 2.05) is 17.5 Å². The van der Waals surface area contributed by atoms with Crippen LogP contribution in [0.4, 0.5) is 0 Å². The molecule has 0 bridgehead atoms. The zero-order valence-corrected chi connectivity index (χ0v) is 11.3. The quantitative estimate of drug-likeness (QED) is 0.829. The third kappa shape index (κ3) is 4.39. The topological polar surface area (TPSA) is 58.2 Å². The molecule has 1 saturated carbocycles. The lowest BCUT2D eigenvalue weighted by Crippen LogP contribution is -2.42. The highest BCUT2D eigenvalue weighted by Crippen LogP contribution is 2.18. The Morgan fingerprint density at radius 1 is 1.35 bits per heavy atom. The van der Waals surface area contributed by atoms with Crippen LogP contribution in [0.5, 0.6) is 0 Å². The zero-order chi connectivity index (χ0) is 12.1. The van der Waals surface area contributed by atoms with Gasteiger partial charge in [0.05, 0.1) is 0 Å². The van der Waals surface area contributed by atoms with Crippen LogP contribution in [0, 0.1) is 0 Å². The van der Waals surface area contributed by atoms with Gasteiger partial charge < -0.3 is 0 Å². The Hall–Kier alpha value is -0.430. The Morgan fingerprint density at radius 3 is 2.76 bits per heavy atom. The summed E-state index contributed by atoms with van der Waals surface area (Å²) in [6.45, 7) is 0.461. The molecule has 6 heteroatoms. The first-order chi connectivity index (χ1) is 8.16. The lowest BCUT2D eigenvalue weighted by atomic mass is 10.3. The molecule has 1 fully saturated rings. The summed E-state index contributed by atoms with van der Waals surface area (Å²) in [6, 6.07) is 4.13. The second kappa shape index (κ2) is 5.95. The molecule has 2 N–H and O–H groups in total. The minimum absolute atomic E-state index is 0.134. The van der Waals surface area contributed by atoms with Gasteiger partial charge in [0.15, 0.2) is 0 Å². The van der Waals surface area contributed by atoms with Crippen LogP contribution in [0.3, 0.4) is 0 Å². The molecular formula is C11H18N2O2S2. The fourth-order valence-corrected chi connectivity index (χ4v) is 3.91. The molecule has 1 aliphatic rings. The first-order valence-corrected chi connectivity index (χ1v) is 8.31. The minimum Gasteiger partial charge on any atom is -0.202 e. The third-order valence-corrected chi connectivity index (χ3v) is 5.08. The second-order valence-corrected chi connectivity index (χ2v) is 6.89.